The van der Waals surface area contributed by atoms with Gasteiger partial charge >= 0.3 is 6.03 Å². The van der Waals surface area contributed by atoms with Crippen molar-refractivity contribution in [1.82, 2.24) is 15.1 Å². The number of carbonyl (C=O) groups excluding carboxylic acids is 3. The third-order valence-corrected chi connectivity index (χ3v) is 7.02. The number of benzene rings is 2. The standard InChI is InChI=1S/C23H24FN3O3S/c1-23(12-11-16-7-3-2-4-8-16)21(29)27(22(30)25-23)15-19(28)26-13-14-31-20(26)17-9-5-6-10-18(17)24/h2-10,20H,11-15H2,1H3,(H,25,30)/t20-,23+/m1/s1. The summed E-state index contributed by atoms with van der Waals surface area (Å²) in [6.07, 6.45) is 1.06. The van der Waals surface area contributed by atoms with E-state index in [1.165, 1.54) is 17.8 Å². The number of urea groups is 1. The van der Waals surface area contributed by atoms with Gasteiger partial charge in [0.25, 0.3) is 5.91 Å². The van der Waals surface area contributed by atoms with Crippen LogP contribution in [-0.2, 0) is 16.0 Å². The molecule has 31 heavy (non-hydrogen) atoms. The lowest BCUT2D eigenvalue weighted by Gasteiger charge is -2.26. The Labute approximate surface area is 184 Å². The van der Waals surface area contributed by atoms with E-state index >= 15 is 0 Å². The highest BCUT2D eigenvalue weighted by Crippen LogP contribution is 2.39. The van der Waals surface area contributed by atoms with Gasteiger partial charge in [-0.05, 0) is 31.4 Å². The number of amides is 4. The molecule has 0 radical (unpaired) electrons. The van der Waals surface area contributed by atoms with Crippen LogP contribution in [0.2, 0.25) is 0 Å². The third-order valence-electron chi connectivity index (χ3n) is 5.78. The highest BCUT2D eigenvalue weighted by atomic mass is 32.2. The zero-order valence-electron chi connectivity index (χ0n) is 17.2. The molecular formula is C23H24FN3O3S. The maximum absolute atomic E-state index is 14.3. The lowest BCUT2D eigenvalue weighted by atomic mass is 9.93. The van der Waals surface area contributed by atoms with Crippen molar-refractivity contribution in [2.45, 2.75) is 30.7 Å². The van der Waals surface area contributed by atoms with Gasteiger partial charge in [0, 0.05) is 17.9 Å². The number of nitrogens with one attached hydrogen (secondary N) is 1. The predicted octanol–water partition coefficient (Wildman–Crippen LogP) is 3.34. The van der Waals surface area contributed by atoms with Gasteiger partial charge in [-0.3, -0.25) is 14.5 Å². The number of carbonyl (C=O) groups is 3. The average molecular weight is 442 g/mol. The molecule has 0 bridgehead atoms. The van der Waals surface area contributed by atoms with Gasteiger partial charge in [-0.2, -0.15) is 0 Å². The van der Waals surface area contributed by atoms with E-state index in [9.17, 15) is 18.8 Å². The van der Waals surface area contributed by atoms with Gasteiger partial charge < -0.3 is 10.2 Å². The summed E-state index contributed by atoms with van der Waals surface area (Å²) in [5, 5.41) is 2.29. The molecule has 2 atom stereocenters. The summed E-state index contributed by atoms with van der Waals surface area (Å²) in [6, 6.07) is 15.5. The fourth-order valence-corrected chi connectivity index (χ4v) is 5.28. The van der Waals surface area contributed by atoms with Crippen LogP contribution in [-0.4, -0.2) is 52.0 Å². The normalized spacial score (nSPS) is 23.4. The molecule has 162 valence electrons. The molecule has 2 fully saturated rings. The molecule has 0 aromatic heterocycles. The summed E-state index contributed by atoms with van der Waals surface area (Å²) in [7, 11) is 0. The number of nitrogens with zero attached hydrogens (tertiary/aromatic N) is 2. The Morgan fingerprint density at radius 2 is 1.87 bits per heavy atom. The van der Waals surface area contributed by atoms with Crippen LogP contribution in [0.25, 0.3) is 0 Å². The zero-order valence-corrected chi connectivity index (χ0v) is 18.0. The smallest absolute Gasteiger partial charge is 0.324 e. The average Bonchev–Trinajstić information content (AvgIpc) is 3.33. The maximum atomic E-state index is 14.3. The Balaban J connectivity index is 1.43. The molecule has 0 aliphatic carbocycles. The van der Waals surface area contributed by atoms with Crippen molar-refractivity contribution in [3.63, 3.8) is 0 Å². The summed E-state index contributed by atoms with van der Waals surface area (Å²) in [5.74, 6) is -0.479. The SMILES string of the molecule is C[C@@]1(CCc2ccccc2)NC(=O)N(CC(=O)N2CCS[C@@H]2c2ccccc2F)C1=O. The lowest BCUT2D eigenvalue weighted by molar-refractivity contribution is -0.139. The number of hydrogen-bond acceptors (Lipinski definition) is 4. The minimum atomic E-state index is -1.06. The molecule has 2 heterocycles. The minimum Gasteiger partial charge on any atom is -0.324 e. The van der Waals surface area contributed by atoms with Crippen molar-refractivity contribution in [3.8, 4) is 0 Å². The Morgan fingerprint density at radius 1 is 1.16 bits per heavy atom. The number of rotatable bonds is 6. The Bertz CT molecular complexity index is 1000. The van der Waals surface area contributed by atoms with Crippen molar-refractivity contribution in [2.24, 2.45) is 0 Å². The third kappa shape index (κ3) is 4.30. The quantitative estimate of drug-likeness (QED) is 0.698. The number of thioether (sulfide) groups is 1. The van der Waals surface area contributed by atoms with Crippen LogP contribution in [0.3, 0.4) is 0 Å². The summed E-state index contributed by atoms with van der Waals surface area (Å²) in [6.45, 7) is 1.78. The lowest BCUT2D eigenvalue weighted by Crippen LogP contribution is -2.46. The number of aryl methyl sites for hydroxylation is 1. The maximum Gasteiger partial charge on any atom is 0.325 e. The molecule has 4 rings (SSSR count). The van der Waals surface area contributed by atoms with E-state index < -0.39 is 22.9 Å². The van der Waals surface area contributed by atoms with Crippen LogP contribution in [0.4, 0.5) is 9.18 Å². The second kappa shape index (κ2) is 8.70. The van der Waals surface area contributed by atoms with Crippen molar-refractivity contribution < 1.29 is 18.8 Å². The topological polar surface area (TPSA) is 69.7 Å². The molecule has 2 aliphatic rings. The van der Waals surface area contributed by atoms with Crippen LogP contribution in [0, 0.1) is 5.82 Å². The van der Waals surface area contributed by atoms with Crippen LogP contribution >= 0.6 is 11.8 Å². The molecule has 0 unspecified atom stereocenters. The molecule has 2 aromatic carbocycles. The highest BCUT2D eigenvalue weighted by molar-refractivity contribution is 7.99. The zero-order chi connectivity index (χ0) is 22.0. The predicted molar refractivity (Wildman–Crippen MR) is 117 cm³/mol. The minimum absolute atomic E-state index is 0.350. The molecule has 8 heteroatoms. The first-order valence-electron chi connectivity index (χ1n) is 10.2. The van der Waals surface area contributed by atoms with Gasteiger partial charge in [0.2, 0.25) is 5.91 Å². The van der Waals surface area contributed by atoms with Crippen LogP contribution in [0.1, 0.15) is 29.8 Å². The van der Waals surface area contributed by atoms with Gasteiger partial charge in [-0.25, -0.2) is 9.18 Å². The van der Waals surface area contributed by atoms with Gasteiger partial charge in [-0.15, -0.1) is 11.8 Å². The number of hydrogen-bond donors (Lipinski definition) is 1. The van der Waals surface area contributed by atoms with E-state index in [1.807, 2.05) is 30.3 Å². The first-order valence-corrected chi connectivity index (χ1v) is 11.3. The number of imide groups is 1. The van der Waals surface area contributed by atoms with Crippen LogP contribution in [0.5, 0.6) is 0 Å². The molecule has 0 spiro atoms. The summed E-state index contributed by atoms with van der Waals surface area (Å²) in [4.78, 5) is 41.1. The molecule has 2 aliphatic heterocycles. The molecular weight excluding hydrogens is 417 g/mol. The van der Waals surface area contributed by atoms with Gasteiger partial charge in [-0.1, -0.05) is 48.5 Å². The van der Waals surface area contributed by atoms with E-state index in [0.717, 1.165) is 10.5 Å². The van der Waals surface area contributed by atoms with Crippen molar-refractivity contribution in [3.05, 3.63) is 71.5 Å². The highest BCUT2D eigenvalue weighted by Gasteiger charge is 2.48. The molecule has 6 nitrogen and oxygen atoms in total. The van der Waals surface area contributed by atoms with E-state index in [4.69, 9.17) is 0 Å². The van der Waals surface area contributed by atoms with E-state index in [0.29, 0.717) is 30.7 Å². The monoisotopic (exact) mass is 441 g/mol. The van der Waals surface area contributed by atoms with Gasteiger partial charge in [0.15, 0.2) is 0 Å². The molecule has 2 saturated heterocycles. The number of halogens is 1. The fraction of sp³-hybridized carbons (Fsp3) is 0.348. The summed E-state index contributed by atoms with van der Waals surface area (Å²) >= 11 is 1.47. The van der Waals surface area contributed by atoms with E-state index in [2.05, 4.69) is 5.32 Å². The largest absolute Gasteiger partial charge is 0.325 e. The van der Waals surface area contributed by atoms with Gasteiger partial charge in [0.05, 0.1) is 0 Å². The first kappa shape index (κ1) is 21.4. The van der Waals surface area contributed by atoms with Crippen molar-refractivity contribution in [2.75, 3.05) is 18.8 Å². The van der Waals surface area contributed by atoms with Crippen LogP contribution in [0.15, 0.2) is 54.6 Å². The second-order valence-electron chi connectivity index (χ2n) is 7.97. The van der Waals surface area contributed by atoms with Crippen LogP contribution < -0.4 is 5.32 Å². The Hall–Kier alpha value is -2.87. The Morgan fingerprint density at radius 3 is 2.61 bits per heavy atom. The molecule has 1 N–H and O–H groups in total. The molecule has 2 aromatic rings. The summed E-state index contributed by atoms with van der Waals surface area (Å²) in [5.41, 5.74) is 0.447. The molecule has 0 saturated carbocycles. The molecule has 4 amide bonds. The van der Waals surface area contributed by atoms with E-state index in [-0.39, 0.29) is 18.3 Å². The second-order valence-corrected chi connectivity index (χ2v) is 9.16. The Kier molecular flexibility index (Phi) is 6.00. The van der Waals surface area contributed by atoms with E-state index in [1.54, 1.807) is 30.0 Å². The van der Waals surface area contributed by atoms with Crippen molar-refractivity contribution in [1.29, 1.82) is 0 Å². The van der Waals surface area contributed by atoms with Crippen molar-refractivity contribution >= 4 is 29.6 Å². The first-order chi connectivity index (χ1) is 14.9. The fourth-order valence-electron chi connectivity index (χ4n) is 3.98. The summed E-state index contributed by atoms with van der Waals surface area (Å²) < 4.78 is 14.3. The van der Waals surface area contributed by atoms with Gasteiger partial charge in [0.1, 0.15) is 23.3 Å².